The van der Waals surface area contributed by atoms with Gasteiger partial charge in [0.15, 0.2) is 0 Å². The highest BCUT2D eigenvalue weighted by atomic mass is 35.5. The molecule has 3 rings (SSSR count). The van der Waals surface area contributed by atoms with Crippen LogP contribution in [-0.2, 0) is 0 Å². The number of amides is 1. The fraction of sp³-hybridized carbons (Fsp3) is 0.333. The SMILES string of the molecule is Cl.Cl.NCC(NC(=O)c1ccc(-n2ccnc2)c([N+](=O)[O-])c1)C1CC1. The molecule has 1 heterocycles. The number of nitro groups is 1. The molecule has 1 saturated carbocycles. The van der Waals surface area contributed by atoms with Gasteiger partial charge in [-0.05, 0) is 30.9 Å². The molecule has 1 aliphatic rings. The summed E-state index contributed by atoms with van der Waals surface area (Å²) in [4.78, 5) is 27.0. The second-order valence-electron chi connectivity index (χ2n) is 5.58. The number of nitro benzene ring substituents is 1. The largest absolute Gasteiger partial charge is 0.348 e. The highest BCUT2D eigenvalue weighted by Gasteiger charge is 2.31. The summed E-state index contributed by atoms with van der Waals surface area (Å²) in [5.41, 5.74) is 6.14. The zero-order valence-electron chi connectivity index (χ0n) is 13.2. The Morgan fingerprint density at radius 1 is 1.44 bits per heavy atom. The van der Waals surface area contributed by atoms with Gasteiger partial charge in [0.1, 0.15) is 5.69 Å². The molecule has 136 valence electrons. The van der Waals surface area contributed by atoms with Crippen LogP contribution in [0.5, 0.6) is 0 Å². The topological polar surface area (TPSA) is 116 Å². The van der Waals surface area contributed by atoms with E-state index in [1.54, 1.807) is 18.3 Å². The first-order valence-corrected chi connectivity index (χ1v) is 7.38. The molecule has 1 aromatic carbocycles. The number of carbonyl (C=O) groups is 1. The lowest BCUT2D eigenvalue weighted by molar-refractivity contribution is -0.384. The Morgan fingerprint density at radius 3 is 2.68 bits per heavy atom. The van der Waals surface area contributed by atoms with E-state index in [1.165, 1.54) is 23.2 Å². The molecule has 0 bridgehead atoms. The fourth-order valence-electron chi connectivity index (χ4n) is 2.55. The Labute approximate surface area is 156 Å². The second-order valence-corrected chi connectivity index (χ2v) is 5.58. The number of rotatable bonds is 6. The van der Waals surface area contributed by atoms with Crippen LogP contribution in [0.25, 0.3) is 5.69 Å². The van der Waals surface area contributed by atoms with Gasteiger partial charge in [0.2, 0.25) is 0 Å². The Bertz CT molecular complexity index is 735. The molecule has 0 spiro atoms. The van der Waals surface area contributed by atoms with Crippen molar-refractivity contribution in [1.29, 1.82) is 0 Å². The molecule has 0 aliphatic heterocycles. The van der Waals surface area contributed by atoms with Gasteiger partial charge < -0.3 is 15.6 Å². The lowest BCUT2D eigenvalue weighted by Gasteiger charge is -2.16. The second kappa shape index (κ2) is 8.80. The number of hydrogen-bond donors (Lipinski definition) is 2. The predicted molar refractivity (Wildman–Crippen MR) is 97.7 cm³/mol. The summed E-state index contributed by atoms with van der Waals surface area (Å²) in [5, 5.41) is 14.2. The molecule has 25 heavy (non-hydrogen) atoms. The van der Waals surface area contributed by atoms with E-state index in [-0.39, 0.29) is 48.0 Å². The Hall–Kier alpha value is -2.16. The molecule has 1 amide bonds. The van der Waals surface area contributed by atoms with E-state index in [1.807, 2.05) is 0 Å². The molecule has 1 atom stereocenters. The summed E-state index contributed by atoms with van der Waals surface area (Å²) in [6, 6.07) is 4.32. The molecule has 2 aromatic rings. The van der Waals surface area contributed by atoms with E-state index < -0.39 is 4.92 Å². The number of nitrogens with two attached hydrogens (primary N) is 1. The van der Waals surface area contributed by atoms with Gasteiger partial charge in [-0.2, -0.15) is 0 Å². The van der Waals surface area contributed by atoms with Gasteiger partial charge in [0.05, 0.1) is 11.3 Å². The molecular weight excluding hydrogens is 369 g/mol. The molecule has 10 heteroatoms. The van der Waals surface area contributed by atoms with Crippen LogP contribution in [0.2, 0.25) is 0 Å². The van der Waals surface area contributed by atoms with E-state index in [9.17, 15) is 14.9 Å². The average Bonchev–Trinajstić information content (AvgIpc) is 3.25. The smallest absolute Gasteiger partial charge is 0.294 e. The van der Waals surface area contributed by atoms with Crippen LogP contribution in [0.4, 0.5) is 5.69 Å². The van der Waals surface area contributed by atoms with Crippen LogP contribution in [0.15, 0.2) is 36.9 Å². The summed E-state index contributed by atoms with van der Waals surface area (Å²) in [7, 11) is 0. The molecular formula is C15H19Cl2N5O3. The van der Waals surface area contributed by atoms with Gasteiger partial charge in [-0.1, -0.05) is 0 Å². The van der Waals surface area contributed by atoms with Crippen molar-refractivity contribution < 1.29 is 9.72 Å². The van der Waals surface area contributed by atoms with Crippen LogP contribution in [-0.4, -0.2) is 33.0 Å². The highest BCUT2D eigenvalue weighted by molar-refractivity contribution is 5.95. The van der Waals surface area contributed by atoms with Crippen molar-refractivity contribution in [2.24, 2.45) is 11.7 Å². The van der Waals surface area contributed by atoms with Crippen molar-refractivity contribution in [2.45, 2.75) is 18.9 Å². The minimum Gasteiger partial charge on any atom is -0.348 e. The van der Waals surface area contributed by atoms with Crippen LogP contribution in [0.3, 0.4) is 0 Å². The summed E-state index contributed by atoms with van der Waals surface area (Å²) >= 11 is 0. The maximum Gasteiger partial charge on any atom is 0.294 e. The van der Waals surface area contributed by atoms with E-state index in [0.29, 0.717) is 18.2 Å². The van der Waals surface area contributed by atoms with Crippen molar-refractivity contribution in [3.63, 3.8) is 0 Å². The molecule has 3 N–H and O–H groups in total. The van der Waals surface area contributed by atoms with Gasteiger partial charge in [0, 0.05) is 36.6 Å². The minimum absolute atomic E-state index is 0. The third kappa shape index (κ3) is 4.68. The molecule has 1 aromatic heterocycles. The normalized spacial score (nSPS) is 14.0. The summed E-state index contributed by atoms with van der Waals surface area (Å²) < 4.78 is 1.53. The zero-order valence-corrected chi connectivity index (χ0v) is 14.8. The lowest BCUT2D eigenvalue weighted by atomic mass is 10.1. The van der Waals surface area contributed by atoms with Crippen LogP contribution in [0, 0.1) is 16.0 Å². The zero-order chi connectivity index (χ0) is 16.4. The molecule has 1 aliphatic carbocycles. The minimum atomic E-state index is -0.507. The number of hydrogen-bond acceptors (Lipinski definition) is 5. The molecule has 0 saturated heterocycles. The van der Waals surface area contributed by atoms with Gasteiger partial charge in [-0.15, -0.1) is 24.8 Å². The third-order valence-electron chi connectivity index (χ3n) is 3.98. The van der Waals surface area contributed by atoms with Crippen molar-refractivity contribution in [3.8, 4) is 5.69 Å². The van der Waals surface area contributed by atoms with E-state index in [0.717, 1.165) is 12.8 Å². The molecule has 0 radical (unpaired) electrons. The Balaban J connectivity index is 0.00000156. The average molecular weight is 388 g/mol. The van der Waals surface area contributed by atoms with Crippen molar-refractivity contribution in [2.75, 3.05) is 6.54 Å². The van der Waals surface area contributed by atoms with E-state index in [4.69, 9.17) is 5.73 Å². The van der Waals surface area contributed by atoms with Crippen LogP contribution >= 0.6 is 24.8 Å². The number of imidazole rings is 1. The number of nitrogens with one attached hydrogen (secondary N) is 1. The van der Waals surface area contributed by atoms with Crippen molar-refractivity contribution >= 4 is 36.4 Å². The summed E-state index contributed by atoms with van der Waals surface area (Å²) in [5.74, 6) is 0.0804. The van der Waals surface area contributed by atoms with Crippen molar-refractivity contribution in [3.05, 3.63) is 52.6 Å². The van der Waals surface area contributed by atoms with E-state index >= 15 is 0 Å². The predicted octanol–water partition coefficient (Wildman–Crippen LogP) is 2.09. The maximum absolute atomic E-state index is 12.3. The first-order chi connectivity index (χ1) is 11.1. The van der Waals surface area contributed by atoms with Crippen molar-refractivity contribution in [1.82, 2.24) is 14.9 Å². The fourth-order valence-corrected chi connectivity index (χ4v) is 2.55. The third-order valence-corrected chi connectivity index (χ3v) is 3.98. The summed E-state index contributed by atoms with van der Waals surface area (Å²) in [6.07, 6.45) is 6.73. The van der Waals surface area contributed by atoms with Crippen LogP contribution < -0.4 is 11.1 Å². The maximum atomic E-state index is 12.3. The van der Waals surface area contributed by atoms with Crippen LogP contribution in [0.1, 0.15) is 23.2 Å². The summed E-state index contributed by atoms with van der Waals surface area (Å²) in [6.45, 7) is 0.367. The monoisotopic (exact) mass is 387 g/mol. The number of halogens is 2. The number of carbonyl (C=O) groups excluding carboxylic acids is 1. The number of nitrogens with zero attached hydrogens (tertiary/aromatic N) is 3. The van der Waals surface area contributed by atoms with Gasteiger partial charge in [-0.3, -0.25) is 14.9 Å². The lowest BCUT2D eigenvalue weighted by Crippen LogP contribution is -2.41. The number of aromatic nitrogens is 2. The molecule has 1 unspecified atom stereocenters. The quantitative estimate of drug-likeness (QED) is 0.581. The first kappa shape index (κ1) is 20.9. The van der Waals surface area contributed by atoms with Gasteiger partial charge in [0.25, 0.3) is 11.6 Å². The Kier molecular flexibility index (Phi) is 7.35. The number of benzene rings is 1. The standard InChI is InChI=1S/C15H17N5O3.2ClH/c16-8-12(10-1-2-10)18-15(21)11-3-4-13(14(7-11)20(22)23)19-6-5-17-9-19;;/h3-7,9-10,12H,1-2,8,16H2,(H,18,21);2*1H. The van der Waals surface area contributed by atoms with Gasteiger partial charge >= 0.3 is 0 Å². The molecule has 1 fully saturated rings. The van der Waals surface area contributed by atoms with Gasteiger partial charge in [-0.25, -0.2) is 4.98 Å². The Morgan fingerprint density at radius 2 is 2.16 bits per heavy atom. The first-order valence-electron chi connectivity index (χ1n) is 7.38. The van der Waals surface area contributed by atoms with E-state index in [2.05, 4.69) is 10.3 Å². The highest BCUT2D eigenvalue weighted by Crippen LogP contribution is 2.32. The molecule has 8 nitrogen and oxygen atoms in total.